The van der Waals surface area contributed by atoms with Crippen LogP contribution in [0.15, 0.2) is 109 Å². The second kappa shape index (κ2) is 88.7. The number of rotatable bonds is 18. The quantitative estimate of drug-likeness (QED) is 0.0435. The molecule has 0 fully saturated rings. The standard InChI is InChI=1S/6C9H11NO2.6CH3O.2ClHO4.7Co/c6*1-2-12-8-5-3-4-7(6-10)9(8)11;6*1-2;2*2-1(3,4)5;;;;;;;/h6*3-6,10-11H,2H2,1H3;6*1H3;2*(H,2,3,4,5);;;;;;;/q;;;;;;6*-1;;;7*+2/p-8. The van der Waals surface area contributed by atoms with Crippen molar-refractivity contribution in [3.05, 3.63) is 143 Å². The van der Waals surface area contributed by atoms with Gasteiger partial charge in [0.2, 0.25) is 0 Å². The molecular weight excluding hydrogens is 1700 g/mol. The Balaban J connectivity index is -0.0000000630. The maximum absolute atomic E-state index is 11.3. The van der Waals surface area contributed by atoms with Crippen LogP contribution in [0.25, 0.3) is 0 Å². The van der Waals surface area contributed by atoms with Crippen LogP contribution < -0.4 is 127 Å². The number of ether oxygens (including phenoxy) is 6. The molecule has 0 bridgehead atoms. The molecule has 101 heavy (non-hydrogen) atoms. The van der Waals surface area contributed by atoms with Gasteiger partial charge in [-0.25, -0.2) is 37.3 Å². The molecule has 0 aromatic heterocycles. The third-order valence-electron chi connectivity index (χ3n) is 8.79. The van der Waals surface area contributed by atoms with E-state index in [9.17, 15) is 30.6 Å². The number of hydrogen-bond donors (Lipinski definition) is 6. The molecule has 0 aliphatic carbocycles. The van der Waals surface area contributed by atoms with Gasteiger partial charge in [0.1, 0.15) is 34.5 Å². The SMILES string of the molecule is CCOc1cccc(C=N)c1[O-].CCOc1cccc(C=N)c1[O-].CCOc1cccc(C=N)c1[O-].CCOc1cccc(C=N)c1[O-].CCOc1cccc(C=N)c1[O-].CCOc1cccc(C=N)c1[O-].C[O-].C[O-].C[O-].C[O-].C[O-].C[O-].[Co+2].[Co+2].[Co+2].[Co+2].[Co+2].[Co+2].[Co+2].[O-][Cl+3]([O-])([O-])[O-].[O-][Cl+3]([O-])([O-])[O-]. The Hall–Kier alpha value is -5.49. The van der Waals surface area contributed by atoms with Gasteiger partial charge in [-0.2, -0.15) is 42.7 Å². The topological polar surface area (TPSA) is 660 Å². The van der Waals surface area contributed by atoms with Crippen LogP contribution in [0.1, 0.15) is 74.9 Å². The molecule has 7 radical (unpaired) electrons. The van der Waals surface area contributed by atoms with Crippen molar-refractivity contribution >= 4 is 37.3 Å². The van der Waals surface area contributed by atoms with E-state index in [-0.39, 0.29) is 152 Å². The fraction of sp³-hybridized carbons (Fsp3) is 0.300. The predicted molar refractivity (Wildman–Crippen MR) is 305 cm³/mol. The summed E-state index contributed by atoms with van der Waals surface area (Å²) in [5.41, 5.74) is 2.17. The van der Waals surface area contributed by atoms with E-state index >= 15 is 0 Å². The van der Waals surface area contributed by atoms with Crippen molar-refractivity contribution in [1.82, 2.24) is 0 Å². The van der Waals surface area contributed by atoms with E-state index in [1.807, 2.05) is 41.5 Å². The van der Waals surface area contributed by atoms with Crippen LogP contribution in [0, 0.1) is 52.9 Å². The van der Waals surface area contributed by atoms with E-state index in [1.165, 1.54) is 0 Å². The minimum Gasteiger partial charge on any atom is -0.870 e. The summed E-state index contributed by atoms with van der Waals surface area (Å²) in [6, 6.07) is 29.4. The van der Waals surface area contributed by atoms with E-state index < -0.39 is 20.5 Å². The minimum absolute atomic E-state index is 0. The Morgan fingerprint density at radius 1 is 0.238 bits per heavy atom. The van der Waals surface area contributed by atoms with Crippen LogP contribution in [0.3, 0.4) is 0 Å². The number of nitrogens with one attached hydrogen (secondary N) is 6. The van der Waals surface area contributed by atoms with Crippen molar-refractivity contribution < 1.29 is 265 Å². The fourth-order valence-corrected chi connectivity index (χ4v) is 5.49. The first-order chi connectivity index (χ1) is 44.7. The minimum atomic E-state index is -4.94. The number of hydrogen-bond acceptors (Lipinski definition) is 32. The van der Waals surface area contributed by atoms with E-state index in [0.29, 0.717) is 108 Å². The first kappa shape index (κ1) is 132. The van der Waals surface area contributed by atoms with Crippen LogP contribution in [-0.4, -0.2) is 120 Å². The Morgan fingerprint density at radius 3 is 0.396 bits per heavy atom. The molecule has 6 aromatic rings. The molecule has 32 nitrogen and oxygen atoms in total. The number of benzene rings is 6. The maximum Gasteiger partial charge on any atom is 2.00 e. The molecule has 6 rings (SSSR count). The zero-order valence-electron chi connectivity index (χ0n) is 55.8. The summed E-state index contributed by atoms with van der Waals surface area (Å²) in [4.78, 5) is 0. The maximum atomic E-state index is 11.3. The van der Waals surface area contributed by atoms with Crippen LogP contribution in [-0.2, 0) is 117 Å². The van der Waals surface area contributed by atoms with Crippen LogP contribution in [0.2, 0.25) is 0 Å². The van der Waals surface area contributed by atoms with Gasteiger partial charge in [0.25, 0.3) is 0 Å². The first-order valence-corrected chi connectivity index (χ1v) is 28.5. The summed E-state index contributed by atoms with van der Waals surface area (Å²) in [7, 11) is -5.39. The van der Waals surface area contributed by atoms with Crippen molar-refractivity contribution in [2.45, 2.75) is 41.5 Å². The van der Waals surface area contributed by atoms with Gasteiger partial charge >= 0.3 is 117 Å². The third kappa shape index (κ3) is 68.7. The van der Waals surface area contributed by atoms with Gasteiger partial charge in [-0.1, -0.05) is 107 Å². The average molecular weight is 1780 g/mol. The Kier molecular flexibility index (Phi) is 116. The monoisotopic (exact) mass is 1780 g/mol. The molecule has 41 heteroatoms. The molecular formula is C60H78Cl2Co7N6O26. The zero-order chi connectivity index (χ0) is 74.8. The van der Waals surface area contributed by atoms with Gasteiger partial charge in [-0.15, -0.1) is 20.5 Å². The number of para-hydroxylation sites is 6. The van der Waals surface area contributed by atoms with Gasteiger partial charge in [-0.3, -0.25) is 0 Å². The second-order valence-electron chi connectivity index (χ2n) is 14.3. The van der Waals surface area contributed by atoms with Gasteiger partial charge < -0.3 is 122 Å². The average Bonchev–Trinajstić information content (AvgIpc) is 0.927. The molecule has 0 heterocycles. The van der Waals surface area contributed by atoms with Gasteiger partial charge in [-0.05, 0) is 111 Å². The summed E-state index contributed by atoms with van der Waals surface area (Å²) in [5, 5.41) is 159. The molecule has 6 aromatic carbocycles. The van der Waals surface area contributed by atoms with Crippen molar-refractivity contribution in [2.24, 2.45) is 0 Å². The predicted octanol–water partition coefficient (Wildman–Crippen LogP) is -8.73. The number of halogens is 2. The molecule has 6 N–H and O–H groups in total. The summed E-state index contributed by atoms with van der Waals surface area (Å²) in [6.07, 6.45) is 6.20. The molecule has 0 amide bonds. The fourth-order valence-electron chi connectivity index (χ4n) is 5.49. The molecule has 581 valence electrons. The summed E-state index contributed by atoms with van der Waals surface area (Å²) < 4.78 is 98.3. The Labute approximate surface area is 664 Å². The summed E-state index contributed by atoms with van der Waals surface area (Å²) in [6.45, 7) is 13.7. The first-order valence-electron chi connectivity index (χ1n) is 26.0. The van der Waals surface area contributed by atoms with Crippen molar-refractivity contribution in [1.29, 1.82) is 32.5 Å². The van der Waals surface area contributed by atoms with Gasteiger partial charge in [0.15, 0.2) is 0 Å². The zero-order valence-corrected chi connectivity index (χ0v) is 64.6. The van der Waals surface area contributed by atoms with Gasteiger partial charge in [0.05, 0.1) is 39.6 Å². The molecule has 0 saturated heterocycles. The van der Waals surface area contributed by atoms with E-state index in [0.717, 1.165) is 79.9 Å². The van der Waals surface area contributed by atoms with Crippen molar-refractivity contribution in [3.63, 3.8) is 0 Å². The molecule has 0 aliphatic rings. The second-order valence-corrected chi connectivity index (χ2v) is 15.8. The van der Waals surface area contributed by atoms with Gasteiger partial charge in [0, 0.05) is 37.3 Å². The van der Waals surface area contributed by atoms with E-state index in [1.54, 1.807) is 109 Å². The van der Waals surface area contributed by atoms with Crippen LogP contribution in [0.5, 0.6) is 69.0 Å². The van der Waals surface area contributed by atoms with Crippen LogP contribution in [0.4, 0.5) is 0 Å². The van der Waals surface area contributed by atoms with Crippen LogP contribution >= 0.6 is 0 Å². The van der Waals surface area contributed by atoms with E-state index in [2.05, 4.69) is 0 Å². The molecule has 0 aliphatic heterocycles. The normalized spacial score (nSPS) is 8.26. The molecule has 0 saturated carbocycles. The van der Waals surface area contributed by atoms with Crippen molar-refractivity contribution in [3.8, 4) is 69.0 Å². The third-order valence-corrected chi connectivity index (χ3v) is 8.79. The van der Waals surface area contributed by atoms with E-state index in [4.69, 9.17) is 129 Å². The summed E-state index contributed by atoms with van der Waals surface area (Å²) in [5.74, 6) is 0.627. The smallest absolute Gasteiger partial charge is 0.870 e. The Morgan fingerprint density at radius 2 is 0.327 bits per heavy atom. The largest absolute Gasteiger partial charge is 2.00 e. The molecule has 0 atom stereocenters. The molecule has 0 spiro atoms. The van der Waals surface area contributed by atoms with Crippen molar-refractivity contribution in [2.75, 3.05) is 82.3 Å². The summed E-state index contributed by atoms with van der Waals surface area (Å²) >= 11 is 0. The molecule has 0 unspecified atom stereocenters. The Bertz CT molecular complexity index is 2420.